The van der Waals surface area contributed by atoms with Gasteiger partial charge in [-0.2, -0.15) is 0 Å². The van der Waals surface area contributed by atoms with E-state index in [1.165, 1.54) is 5.56 Å². The number of piperidine rings is 1. The minimum Gasteiger partial charge on any atom is -0.381 e. The summed E-state index contributed by atoms with van der Waals surface area (Å²) in [6, 6.07) is 6.17. The molecule has 1 aromatic carbocycles. The number of benzene rings is 1. The first-order chi connectivity index (χ1) is 13.0. The summed E-state index contributed by atoms with van der Waals surface area (Å²) < 4.78 is 5.52. The minimum absolute atomic E-state index is 0.0517. The maximum atomic E-state index is 12.9. The lowest BCUT2D eigenvalue weighted by atomic mass is 9.86. The van der Waals surface area contributed by atoms with Gasteiger partial charge in [0.15, 0.2) is 0 Å². The molecule has 0 unspecified atom stereocenters. The number of urea groups is 1. The summed E-state index contributed by atoms with van der Waals surface area (Å²) in [5.74, 6) is 0.100. The Labute approximate surface area is 160 Å². The third-order valence-electron chi connectivity index (χ3n) is 6.59. The minimum atomic E-state index is -0.0970. The number of hydrogen-bond acceptors (Lipinski definition) is 3. The van der Waals surface area contributed by atoms with E-state index in [4.69, 9.17) is 4.74 Å². The van der Waals surface area contributed by atoms with Crippen LogP contribution in [-0.2, 0) is 4.74 Å². The van der Waals surface area contributed by atoms with Gasteiger partial charge in [-0.05, 0) is 62.8 Å². The summed E-state index contributed by atoms with van der Waals surface area (Å²) in [7, 11) is 0. The number of aryl methyl sites for hydroxylation is 2. The first-order valence-corrected chi connectivity index (χ1v) is 10.0. The van der Waals surface area contributed by atoms with Crippen LogP contribution in [0.3, 0.4) is 0 Å². The van der Waals surface area contributed by atoms with Crippen LogP contribution in [-0.4, -0.2) is 66.2 Å². The largest absolute Gasteiger partial charge is 0.381 e. The Morgan fingerprint density at radius 2 is 1.85 bits per heavy atom. The Morgan fingerprint density at radius 1 is 1.15 bits per heavy atom. The van der Waals surface area contributed by atoms with Crippen molar-refractivity contribution in [2.75, 3.05) is 32.8 Å². The molecule has 0 radical (unpaired) electrons. The topological polar surface area (TPSA) is 61.9 Å². The van der Waals surface area contributed by atoms with Gasteiger partial charge in [0.2, 0.25) is 0 Å². The van der Waals surface area contributed by atoms with Crippen molar-refractivity contribution in [1.82, 2.24) is 15.1 Å². The zero-order chi connectivity index (χ0) is 19.0. The van der Waals surface area contributed by atoms with Gasteiger partial charge in [-0.1, -0.05) is 6.07 Å². The van der Waals surface area contributed by atoms with Gasteiger partial charge >= 0.3 is 6.03 Å². The second kappa shape index (κ2) is 7.15. The third-order valence-corrected chi connectivity index (χ3v) is 6.59. The lowest BCUT2D eigenvalue weighted by molar-refractivity contribution is -0.0143. The standard InChI is InChI=1S/C21H29N3O3/c1-15-3-4-17(13-16(15)2)19(25)23-9-5-18(6-10-23)24-20(26)22-14-21(24)7-11-27-12-8-21/h3-4,13,18H,5-12,14H2,1-2H3,(H,22,26). The molecule has 3 aliphatic heterocycles. The monoisotopic (exact) mass is 371 g/mol. The van der Waals surface area contributed by atoms with Crippen LogP contribution < -0.4 is 5.32 Å². The van der Waals surface area contributed by atoms with Crippen molar-refractivity contribution >= 4 is 11.9 Å². The van der Waals surface area contributed by atoms with Gasteiger partial charge in [-0.15, -0.1) is 0 Å². The number of likely N-dealkylation sites (tertiary alicyclic amines) is 1. The molecule has 3 heterocycles. The molecule has 3 amide bonds. The van der Waals surface area contributed by atoms with Crippen LogP contribution in [0.4, 0.5) is 4.79 Å². The molecular weight excluding hydrogens is 342 g/mol. The first-order valence-electron chi connectivity index (χ1n) is 10.0. The molecule has 6 heteroatoms. The predicted molar refractivity (Wildman–Crippen MR) is 103 cm³/mol. The maximum absolute atomic E-state index is 12.9. The Morgan fingerprint density at radius 3 is 2.52 bits per heavy atom. The molecule has 1 spiro atoms. The highest BCUT2D eigenvalue weighted by atomic mass is 16.5. The van der Waals surface area contributed by atoms with Crippen LogP contribution >= 0.6 is 0 Å². The maximum Gasteiger partial charge on any atom is 0.318 e. The quantitative estimate of drug-likeness (QED) is 0.869. The van der Waals surface area contributed by atoms with Crippen LogP contribution in [0.1, 0.15) is 47.2 Å². The molecule has 1 aromatic rings. The van der Waals surface area contributed by atoms with Crippen LogP contribution in [0, 0.1) is 13.8 Å². The Balaban J connectivity index is 1.43. The summed E-state index contributed by atoms with van der Waals surface area (Å²) in [4.78, 5) is 29.4. The van der Waals surface area contributed by atoms with E-state index in [-0.39, 0.29) is 23.5 Å². The highest BCUT2D eigenvalue weighted by molar-refractivity contribution is 5.94. The molecule has 146 valence electrons. The zero-order valence-electron chi connectivity index (χ0n) is 16.3. The molecule has 0 bridgehead atoms. The molecule has 4 rings (SSSR count). The van der Waals surface area contributed by atoms with E-state index in [9.17, 15) is 9.59 Å². The van der Waals surface area contributed by atoms with Crippen molar-refractivity contribution in [3.05, 3.63) is 34.9 Å². The van der Waals surface area contributed by atoms with Gasteiger partial charge in [-0.3, -0.25) is 4.79 Å². The molecule has 3 fully saturated rings. The molecule has 1 N–H and O–H groups in total. The summed E-state index contributed by atoms with van der Waals surface area (Å²) in [5.41, 5.74) is 3.01. The van der Waals surface area contributed by atoms with Gasteiger partial charge in [-0.25, -0.2) is 4.79 Å². The second-order valence-electron chi connectivity index (χ2n) is 8.19. The molecule has 0 aliphatic carbocycles. The highest BCUT2D eigenvalue weighted by Crippen LogP contribution is 2.35. The molecule has 6 nitrogen and oxygen atoms in total. The number of rotatable bonds is 2. The molecule has 27 heavy (non-hydrogen) atoms. The van der Waals surface area contributed by atoms with Gasteiger partial charge in [0.1, 0.15) is 0 Å². The molecular formula is C21H29N3O3. The van der Waals surface area contributed by atoms with Gasteiger partial charge in [0.25, 0.3) is 5.91 Å². The lowest BCUT2D eigenvalue weighted by Gasteiger charge is -2.46. The number of amides is 3. The van der Waals surface area contributed by atoms with Crippen molar-refractivity contribution in [1.29, 1.82) is 0 Å². The van der Waals surface area contributed by atoms with Crippen molar-refractivity contribution in [3.8, 4) is 0 Å². The average Bonchev–Trinajstić information content (AvgIpc) is 2.99. The molecule has 0 atom stereocenters. The Hall–Kier alpha value is -2.08. The number of carbonyl (C=O) groups excluding carboxylic acids is 2. The van der Waals surface area contributed by atoms with Crippen molar-refractivity contribution in [2.24, 2.45) is 0 Å². The van der Waals surface area contributed by atoms with E-state index in [1.807, 2.05) is 30.0 Å². The number of nitrogens with zero attached hydrogens (tertiary/aromatic N) is 2. The number of nitrogens with one attached hydrogen (secondary N) is 1. The molecule has 3 saturated heterocycles. The van der Waals surface area contributed by atoms with Crippen LogP contribution in [0.15, 0.2) is 18.2 Å². The first kappa shape index (κ1) is 18.3. The normalized spacial score (nSPS) is 23.0. The predicted octanol–water partition coefficient (Wildman–Crippen LogP) is 2.48. The van der Waals surface area contributed by atoms with Crippen molar-refractivity contribution in [3.63, 3.8) is 0 Å². The van der Waals surface area contributed by atoms with Gasteiger partial charge in [0.05, 0.1) is 5.54 Å². The highest BCUT2D eigenvalue weighted by Gasteiger charge is 2.49. The SMILES string of the molecule is Cc1ccc(C(=O)N2CCC(N3C(=O)NCC34CCOCC4)CC2)cc1C. The van der Waals surface area contributed by atoms with E-state index in [0.29, 0.717) is 13.1 Å². The Kier molecular flexibility index (Phi) is 4.84. The summed E-state index contributed by atoms with van der Waals surface area (Å²) in [5, 5.41) is 3.05. The van der Waals surface area contributed by atoms with E-state index in [1.54, 1.807) is 0 Å². The lowest BCUT2D eigenvalue weighted by Crippen LogP contribution is -2.57. The van der Waals surface area contributed by atoms with Crippen LogP contribution in [0.2, 0.25) is 0 Å². The number of ether oxygens (including phenoxy) is 1. The number of carbonyl (C=O) groups is 2. The second-order valence-corrected chi connectivity index (χ2v) is 8.19. The van der Waals surface area contributed by atoms with Crippen molar-refractivity contribution < 1.29 is 14.3 Å². The van der Waals surface area contributed by atoms with Crippen molar-refractivity contribution in [2.45, 2.75) is 51.1 Å². The summed E-state index contributed by atoms with van der Waals surface area (Å²) >= 11 is 0. The summed E-state index contributed by atoms with van der Waals surface area (Å²) in [6.45, 7) is 7.65. The third kappa shape index (κ3) is 3.31. The molecule has 3 aliphatic rings. The fraction of sp³-hybridized carbons (Fsp3) is 0.619. The van der Waals surface area contributed by atoms with Gasteiger partial charge in [0, 0.05) is 44.5 Å². The van der Waals surface area contributed by atoms with E-state index in [2.05, 4.69) is 17.1 Å². The average molecular weight is 371 g/mol. The number of hydrogen-bond donors (Lipinski definition) is 1. The van der Waals surface area contributed by atoms with E-state index in [0.717, 1.165) is 56.6 Å². The van der Waals surface area contributed by atoms with Crippen LogP contribution in [0.5, 0.6) is 0 Å². The molecule has 0 aromatic heterocycles. The zero-order valence-corrected chi connectivity index (χ0v) is 16.3. The van der Waals surface area contributed by atoms with E-state index >= 15 is 0 Å². The Bertz CT molecular complexity index is 734. The van der Waals surface area contributed by atoms with Gasteiger partial charge < -0.3 is 19.9 Å². The summed E-state index contributed by atoms with van der Waals surface area (Å²) in [6.07, 6.45) is 3.47. The fourth-order valence-corrected chi connectivity index (χ4v) is 4.73. The molecule has 0 saturated carbocycles. The van der Waals surface area contributed by atoms with E-state index < -0.39 is 0 Å². The van der Waals surface area contributed by atoms with Crippen LogP contribution in [0.25, 0.3) is 0 Å². The smallest absolute Gasteiger partial charge is 0.318 e. The fourth-order valence-electron chi connectivity index (χ4n) is 4.73.